The number of halogens is 1. The average molecular weight is 500 g/mol. The van der Waals surface area contributed by atoms with Crippen LogP contribution in [0.1, 0.15) is 45.4 Å². The van der Waals surface area contributed by atoms with E-state index in [-0.39, 0.29) is 24.0 Å². The first kappa shape index (κ1) is 23.2. The second kappa shape index (κ2) is 12.5. The molecule has 28 heavy (non-hydrogen) atoms. The van der Waals surface area contributed by atoms with Gasteiger partial charge in [0.05, 0.1) is 6.54 Å². The molecule has 0 radical (unpaired) electrons. The zero-order valence-electron chi connectivity index (χ0n) is 17.4. The molecule has 2 heterocycles. The minimum absolute atomic E-state index is 0. The van der Waals surface area contributed by atoms with E-state index in [0.717, 1.165) is 63.4 Å². The largest absolute Gasteiger partial charge is 0.357 e. The lowest BCUT2D eigenvalue weighted by atomic mass is 10.1. The Morgan fingerprint density at radius 1 is 1.21 bits per heavy atom. The minimum atomic E-state index is 0. The maximum atomic E-state index is 4.82. The van der Waals surface area contributed by atoms with Gasteiger partial charge in [0.2, 0.25) is 0 Å². The van der Waals surface area contributed by atoms with Crippen LogP contribution in [0.25, 0.3) is 0 Å². The Bertz CT molecular complexity index is 568. The van der Waals surface area contributed by atoms with Crippen LogP contribution in [0.15, 0.2) is 29.4 Å². The summed E-state index contributed by atoms with van der Waals surface area (Å²) in [6, 6.07) is 7.38. The Balaban J connectivity index is 0.00000280. The Labute approximate surface area is 187 Å². The molecule has 1 aliphatic heterocycles. The van der Waals surface area contributed by atoms with Gasteiger partial charge >= 0.3 is 0 Å². The van der Waals surface area contributed by atoms with Crippen LogP contribution < -0.4 is 15.5 Å². The third-order valence-corrected chi connectivity index (χ3v) is 5.82. The SMILES string of the molecule is CCNC(=NCCN(C)C1CCCC1)NC1CCN(c2ccccn2)CC1.I. The van der Waals surface area contributed by atoms with Crippen molar-refractivity contribution < 1.29 is 0 Å². The van der Waals surface area contributed by atoms with Crippen LogP contribution in [-0.2, 0) is 0 Å². The molecule has 7 heteroatoms. The van der Waals surface area contributed by atoms with E-state index < -0.39 is 0 Å². The predicted molar refractivity (Wildman–Crippen MR) is 129 cm³/mol. The van der Waals surface area contributed by atoms with Gasteiger partial charge in [0.25, 0.3) is 0 Å². The lowest BCUT2D eigenvalue weighted by molar-refractivity contribution is 0.252. The first-order valence-electron chi connectivity index (χ1n) is 10.7. The fraction of sp³-hybridized carbons (Fsp3) is 0.714. The lowest BCUT2D eigenvalue weighted by Gasteiger charge is -2.33. The van der Waals surface area contributed by atoms with Crippen LogP contribution >= 0.6 is 24.0 Å². The van der Waals surface area contributed by atoms with Crippen molar-refractivity contribution in [1.29, 1.82) is 0 Å². The first-order chi connectivity index (χ1) is 13.3. The molecule has 0 atom stereocenters. The normalized spacial score (nSPS) is 19.0. The number of likely N-dealkylation sites (N-methyl/N-ethyl adjacent to an activating group) is 1. The summed E-state index contributed by atoms with van der Waals surface area (Å²) in [5, 5.41) is 7.06. The first-order valence-corrected chi connectivity index (χ1v) is 10.7. The van der Waals surface area contributed by atoms with Crippen LogP contribution in [0.4, 0.5) is 5.82 Å². The molecule has 0 aromatic carbocycles. The second-order valence-corrected chi connectivity index (χ2v) is 7.77. The van der Waals surface area contributed by atoms with Gasteiger partial charge in [-0.15, -0.1) is 24.0 Å². The molecule has 2 fully saturated rings. The molecular weight excluding hydrogens is 463 g/mol. The van der Waals surface area contributed by atoms with Crippen LogP contribution in [-0.4, -0.2) is 67.7 Å². The number of piperidine rings is 1. The Morgan fingerprint density at radius 3 is 2.61 bits per heavy atom. The molecule has 6 nitrogen and oxygen atoms in total. The standard InChI is InChI=1S/C21H36N6.HI/c1-3-22-21(24-14-17-26(2)19-8-4-5-9-19)25-18-11-15-27(16-12-18)20-10-6-7-13-23-20;/h6-7,10,13,18-19H,3-5,8-9,11-12,14-17H2,1-2H3,(H2,22,24,25);1H. The zero-order chi connectivity index (χ0) is 18.9. The summed E-state index contributed by atoms with van der Waals surface area (Å²) < 4.78 is 0. The molecule has 3 rings (SSSR count). The van der Waals surface area contributed by atoms with Crippen molar-refractivity contribution in [2.45, 2.75) is 57.5 Å². The number of nitrogens with zero attached hydrogens (tertiary/aromatic N) is 4. The van der Waals surface area contributed by atoms with E-state index in [9.17, 15) is 0 Å². The molecule has 2 N–H and O–H groups in total. The van der Waals surface area contributed by atoms with Crippen molar-refractivity contribution in [1.82, 2.24) is 20.5 Å². The smallest absolute Gasteiger partial charge is 0.191 e. The number of aromatic nitrogens is 1. The van der Waals surface area contributed by atoms with E-state index >= 15 is 0 Å². The van der Waals surface area contributed by atoms with Gasteiger partial charge in [-0.2, -0.15) is 0 Å². The second-order valence-electron chi connectivity index (χ2n) is 7.77. The molecule has 2 aliphatic rings. The zero-order valence-corrected chi connectivity index (χ0v) is 19.8. The maximum Gasteiger partial charge on any atom is 0.191 e. The van der Waals surface area contributed by atoms with Gasteiger partial charge in [0.15, 0.2) is 5.96 Å². The van der Waals surface area contributed by atoms with Gasteiger partial charge in [0, 0.05) is 44.5 Å². The Morgan fingerprint density at radius 2 is 1.96 bits per heavy atom. The topological polar surface area (TPSA) is 55.8 Å². The van der Waals surface area contributed by atoms with Gasteiger partial charge in [-0.3, -0.25) is 4.99 Å². The van der Waals surface area contributed by atoms with Crippen molar-refractivity contribution in [3.8, 4) is 0 Å². The number of anilines is 1. The van der Waals surface area contributed by atoms with Gasteiger partial charge in [0.1, 0.15) is 5.82 Å². The summed E-state index contributed by atoms with van der Waals surface area (Å²) in [6.45, 7) is 7.01. The predicted octanol–water partition coefficient (Wildman–Crippen LogP) is 3.10. The number of nitrogens with one attached hydrogen (secondary N) is 2. The van der Waals surface area contributed by atoms with Crippen LogP contribution in [0, 0.1) is 0 Å². The van der Waals surface area contributed by atoms with E-state index in [1.54, 1.807) is 0 Å². The summed E-state index contributed by atoms with van der Waals surface area (Å²) in [5.74, 6) is 2.06. The van der Waals surface area contributed by atoms with Crippen molar-refractivity contribution in [2.24, 2.45) is 4.99 Å². The van der Waals surface area contributed by atoms with E-state index in [1.807, 2.05) is 12.3 Å². The monoisotopic (exact) mass is 500 g/mol. The minimum Gasteiger partial charge on any atom is -0.357 e. The van der Waals surface area contributed by atoms with E-state index in [0.29, 0.717) is 6.04 Å². The van der Waals surface area contributed by atoms with Crippen LogP contribution in [0.3, 0.4) is 0 Å². The summed E-state index contributed by atoms with van der Waals surface area (Å²) >= 11 is 0. The molecule has 0 unspecified atom stereocenters. The van der Waals surface area contributed by atoms with E-state index in [2.05, 4.69) is 51.5 Å². The molecule has 1 saturated heterocycles. The highest BCUT2D eigenvalue weighted by Gasteiger charge is 2.21. The molecule has 0 bridgehead atoms. The van der Waals surface area contributed by atoms with Crippen molar-refractivity contribution in [2.75, 3.05) is 44.7 Å². The lowest BCUT2D eigenvalue weighted by Crippen LogP contribution is -2.49. The molecular formula is C21H37IN6. The summed E-state index contributed by atoms with van der Waals surface area (Å²) in [6.07, 6.45) is 9.59. The van der Waals surface area contributed by atoms with E-state index in [1.165, 1.54) is 25.7 Å². The van der Waals surface area contributed by atoms with Crippen molar-refractivity contribution in [3.05, 3.63) is 24.4 Å². The molecule has 0 amide bonds. The van der Waals surface area contributed by atoms with Crippen molar-refractivity contribution in [3.63, 3.8) is 0 Å². The average Bonchev–Trinajstić information content (AvgIpc) is 3.24. The maximum absolute atomic E-state index is 4.82. The highest BCUT2D eigenvalue weighted by atomic mass is 127. The third kappa shape index (κ3) is 7.06. The molecule has 1 aromatic heterocycles. The summed E-state index contributed by atoms with van der Waals surface area (Å²) in [7, 11) is 2.25. The van der Waals surface area contributed by atoms with Gasteiger partial charge in [-0.25, -0.2) is 4.98 Å². The van der Waals surface area contributed by atoms with Crippen LogP contribution in [0.2, 0.25) is 0 Å². The van der Waals surface area contributed by atoms with Crippen molar-refractivity contribution >= 4 is 35.8 Å². The fourth-order valence-electron chi connectivity index (χ4n) is 4.15. The number of hydrogen-bond donors (Lipinski definition) is 2. The Kier molecular flexibility index (Phi) is 10.3. The number of aliphatic imine (C=N–C) groups is 1. The quantitative estimate of drug-likeness (QED) is 0.343. The molecule has 1 aromatic rings. The highest BCUT2D eigenvalue weighted by Crippen LogP contribution is 2.22. The molecule has 0 spiro atoms. The molecule has 1 aliphatic carbocycles. The van der Waals surface area contributed by atoms with Gasteiger partial charge in [-0.1, -0.05) is 18.9 Å². The van der Waals surface area contributed by atoms with E-state index in [4.69, 9.17) is 4.99 Å². The molecule has 158 valence electrons. The Hall–Kier alpha value is -1.09. The van der Waals surface area contributed by atoms with Gasteiger partial charge < -0.3 is 20.4 Å². The van der Waals surface area contributed by atoms with Crippen LogP contribution in [0.5, 0.6) is 0 Å². The number of guanidine groups is 1. The fourth-order valence-corrected chi connectivity index (χ4v) is 4.15. The number of hydrogen-bond acceptors (Lipinski definition) is 4. The van der Waals surface area contributed by atoms with Gasteiger partial charge in [-0.05, 0) is 51.8 Å². The summed E-state index contributed by atoms with van der Waals surface area (Å²) in [5.41, 5.74) is 0. The number of pyridine rings is 1. The molecule has 1 saturated carbocycles. The highest BCUT2D eigenvalue weighted by molar-refractivity contribution is 14.0. The third-order valence-electron chi connectivity index (χ3n) is 5.82. The summed E-state index contributed by atoms with van der Waals surface area (Å²) in [4.78, 5) is 14.2. The number of rotatable bonds is 7.